The van der Waals surface area contributed by atoms with Crippen molar-refractivity contribution >= 4 is 63.5 Å². The summed E-state index contributed by atoms with van der Waals surface area (Å²) in [6.45, 7) is 1.46. The van der Waals surface area contributed by atoms with E-state index in [1.807, 2.05) is 48.5 Å². The third kappa shape index (κ3) is 4.30. The number of rotatable bonds is 6. The zero-order valence-corrected chi connectivity index (χ0v) is 19.7. The van der Waals surface area contributed by atoms with E-state index in [9.17, 15) is 9.59 Å². The van der Waals surface area contributed by atoms with Crippen LogP contribution in [0.1, 0.15) is 19.8 Å². The predicted octanol–water partition coefficient (Wildman–Crippen LogP) is 6.94. The van der Waals surface area contributed by atoms with Crippen molar-refractivity contribution in [3.63, 3.8) is 0 Å². The van der Waals surface area contributed by atoms with Crippen LogP contribution in [0.25, 0.3) is 43.5 Å². The summed E-state index contributed by atoms with van der Waals surface area (Å²) in [5.41, 5.74) is 1.25. The van der Waals surface area contributed by atoms with Gasteiger partial charge in [0.2, 0.25) is 0 Å². The fourth-order valence-corrected chi connectivity index (χ4v) is 5.39. The van der Waals surface area contributed by atoms with Crippen LogP contribution in [0, 0.1) is 0 Å². The lowest BCUT2D eigenvalue weighted by molar-refractivity contribution is -0.142. The average molecular weight is 474 g/mol. The molecule has 7 heteroatoms. The molecule has 0 bridgehead atoms. The van der Waals surface area contributed by atoms with Gasteiger partial charge in [-0.1, -0.05) is 60.7 Å². The maximum atomic E-state index is 11.9. The van der Waals surface area contributed by atoms with Gasteiger partial charge in [0, 0.05) is 17.2 Å². The summed E-state index contributed by atoms with van der Waals surface area (Å²) in [6.07, 6.45) is -0.742. The Bertz CT molecular complexity index is 1490. The maximum Gasteiger partial charge on any atom is 0.387 e. The highest BCUT2D eigenvalue weighted by atomic mass is 31.1. The number of methoxy groups -OCH3 is 1. The van der Waals surface area contributed by atoms with E-state index in [1.165, 1.54) is 14.0 Å². The van der Waals surface area contributed by atoms with Crippen molar-refractivity contribution in [1.29, 1.82) is 0 Å². The molecule has 0 unspecified atom stereocenters. The number of carbonyl (C=O) groups is 2. The summed E-state index contributed by atoms with van der Waals surface area (Å²) < 4.78 is 23.4. The summed E-state index contributed by atoms with van der Waals surface area (Å²) in [7, 11) is -0.643. The highest BCUT2D eigenvalue weighted by molar-refractivity contribution is 7.31. The Kier molecular flexibility index (Phi) is 6.10. The third-order valence-electron chi connectivity index (χ3n) is 5.75. The smallest absolute Gasteiger partial charge is 0.387 e. The van der Waals surface area contributed by atoms with Crippen LogP contribution in [0.5, 0.6) is 0 Å². The molecule has 34 heavy (non-hydrogen) atoms. The molecule has 0 aliphatic rings. The second-order valence-electron chi connectivity index (χ2n) is 8.14. The molecule has 0 amide bonds. The first-order valence-electron chi connectivity index (χ1n) is 11.0. The molecule has 1 atom stereocenters. The number of Topliss-reactive ketones (excluding diaryl/α,β-unsaturated/α-hetero) is 1. The number of hydrogen-bond donors (Lipinski definition) is 0. The van der Waals surface area contributed by atoms with Gasteiger partial charge in [-0.2, -0.15) is 0 Å². The molecule has 0 spiro atoms. The monoisotopic (exact) mass is 474 g/mol. The number of hydrogen-bond acceptors (Lipinski definition) is 6. The van der Waals surface area contributed by atoms with E-state index in [2.05, 4.69) is 24.3 Å². The molecule has 0 radical (unpaired) electrons. The molecule has 0 fully saturated rings. The lowest BCUT2D eigenvalue weighted by Crippen LogP contribution is -2.23. The standard InChI is InChI=1S/C27H23O6P/c1-17(28)15-20(16-25(29)30-2)31-34-32-23-13-11-18-7-3-5-9-21(18)26(23)27-22-10-6-4-8-19(22)12-14-24(27)33-34/h3-14,20H,15-16H2,1-2H3/t20-/m1/s1. The minimum atomic E-state index is -1.95. The number of benzene rings is 4. The van der Waals surface area contributed by atoms with Crippen LogP contribution in [-0.4, -0.2) is 25.0 Å². The van der Waals surface area contributed by atoms with E-state index >= 15 is 0 Å². The first kappa shape index (κ1) is 22.2. The number of carbonyl (C=O) groups excluding carboxylic acids is 2. The van der Waals surface area contributed by atoms with Crippen LogP contribution in [-0.2, 0) is 14.3 Å². The normalized spacial score (nSPS) is 12.3. The van der Waals surface area contributed by atoms with Crippen molar-refractivity contribution < 1.29 is 27.2 Å². The Morgan fingerprint density at radius 3 is 1.82 bits per heavy atom. The number of ether oxygens (including phenoxy) is 1. The Hall–Kier alpha value is -3.60. The van der Waals surface area contributed by atoms with Crippen molar-refractivity contribution in [2.75, 3.05) is 7.11 Å². The van der Waals surface area contributed by atoms with Crippen LogP contribution in [0.15, 0.2) is 81.2 Å². The molecule has 172 valence electrons. The quantitative estimate of drug-likeness (QED) is 0.248. The number of fused-ring (bicyclic) bond motifs is 7. The summed E-state index contributed by atoms with van der Waals surface area (Å²) in [5.74, 6) is -0.564. The van der Waals surface area contributed by atoms with Gasteiger partial charge < -0.3 is 13.1 Å². The largest absolute Gasteiger partial charge is 0.469 e. The Morgan fingerprint density at radius 2 is 1.32 bits per heavy atom. The average Bonchev–Trinajstić information content (AvgIpc) is 3.00. The first-order chi connectivity index (χ1) is 16.5. The summed E-state index contributed by atoms with van der Waals surface area (Å²) in [4.78, 5) is 23.7. The van der Waals surface area contributed by atoms with E-state index in [0.717, 1.165) is 32.3 Å². The van der Waals surface area contributed by atoms with Crippen LogP contribution < -0.4 is 4.52 Å². The third-order valence-corrected chi connectivity index (χ3v) is 6.91. The summed E-state index contributed by atoms with van der Waals surface area (Å²) in [6, 6.07) is 24.1. The molecule has 1 aromatic heterocycles. The molecule has 4 aromatic carbocycles. The highest BCUT2D eigenvalue weighted by Gasteiger charge is 2.21. The minimum absolute atomic E-state index is 0.0514. The molecule has 1 heterocycles. The second-order valence-corrected chi connectivity index (χ2v) is 9.16. The molecule has 0 aliphatic carbocycles. The summed E-state index contributed by atoms with van der Waals surface area (Å²) >= 11 is 0. The van der Waals surface area contributed by atoms with Gasteiger partial charge in [0.25, 0.3) is 0 Å². The molecule has 5 aromatic rings. The van der Waals surface area contributed by atoms with E-state index in [4.69, 9.17) is 17.7 Å². The first-order valence-corrected chi connectivity index (χ1v) is 12.1. The van der Waals surface area contributed by atoms with Crippen molar-refractivity contribution in [2.45, 2.75) is 25.9 Å². The van der Waals surface area contributed by atoms with Gasteiger partial charge >= 0.3 is 14.2 Å². The molecule has 0 N–H and O–H groups in total. The summed E-state index contributed by atoms with van der Waals surface area (Å²) in [5, 5.41) is 6.08. The van der Waals surface area contributed by atoms with Gasteiger partial charge in [0.15, 0.2) is 0 Å². The van der Waals surface area contributed by atoms with E-state index in [0.29, 0.717) is 11.2 Å². The van der Waals surface area contributed by atoms with Crippen molar-refractivity contribution in [3.05, 3.63) is 72.8 Å². The molecule has 6 nitrogen and oxygen atoms in total. The molecule has 0 aliphatic heterocycles. The highest BCUT2D eigenvalue weighted by Crippen LogP contribution is 2.40. The number of esters is 1. The Labute approximate surface area is 196 Å². The van der Waals surface area contributed by atoms with Crippen LogP contribution in [0.3, 0.4) is 0 Å². The van der Waals surface area contributed by atoms with E-state index in [-0.39, 0.29) is 18.6 Å². The van der Waals surface area contributed by atoms with Gasteiger partial charge in [-0.25, -0.2) is 0 Å². The van der Waals surface area contributed by atoms with Crippen LogP contribution in [0.4, 0.5) is 0 Å². The molecule has 0 saturated heterocycles. The fourth-order valence-electron chi connectivity index (χ4n) is 4.25. The lowest BCUT2D eigenvalue weighted by Gasteiger charge is -2.12. The molecule has 5 rings (SSSR count). The van der Waals surface area contributed by atoms with Crippen molar-refractivity contribution in [2.24, 2.45) is 0 Å². The van der Waals surface area contributed by atoms with Gasteiger partial charge in [-0.15, -0.1) is 0 Å². The SMILES string of the molecule is COC(=O)C[C@@H](CC(C)=O)Op1oc2ccc3ccccc3c2c2c(ccc3ccccc32)o1. The molecule has 0 saturated carbocycles. The number of ketones is 1. The topological polar surface area (TPSA) is 78.9 Å². The zero-order valence-electron chi connectivity index (χ0n) is 18.8. The van der Waals surface area contributed by atoms with Crippen molar-refractivity contribution in [1.82, 2.24) is 0 Å². The fraction of sp³-hybridized carbons (Fsp3) is 0.185. The lowest BCUT2D eigenvalue weighted by atomic mass is 9.99. The Morgan fingerprint density at radius 1 is 0.794 bits per heavy atom. The maximum absolute atomic E-state index is 11.9. The zero-order chi connectivity index (χ0) is 23.7. The van der Waals surface area contributed by atoms with Gasteiger partial charge in [0.1, 0.15) is 16.9 Å². The van der Waals surface area contributed by atoms with Crippen LogP contribution in [0.2, 0.25) is 0 Å². The molecular formula is C27H23O6P. The van der Waals surface area contributed by atoms with Crippen molar-refractivity contribution in [3.8, 4) is 0 Å². The van der Waals surface area contributed by atoms with E-state index in [1.54, 1.807) is 0 Å². The minimum Gasteiger partial charge on any atom is -0.469 e. The van der Waals surface area contributed by atoms with Gasteiger partial charge in [0.05, 0.1) is 19.6 Å². The Balaban J connectivity index is 1.81. The van der Waals surface area contributed by atoms with Gasteiger partial charge in [-0.05, 0) is 40.6 Å². The van der Waals surface area contributed by atoms with Gasteiger partial charge in [-0.3, -0.25) is 14.1 Å². The van der Waals surface area contributed by atoms with Crippen LogP contribution >= 0.6 is 8.24 Å². The predicted molar refractivity (Wildman–Crippen MR) is 134 cm³/mol. The molecular weight excluding hydrogens is 451 g/mol. The second kappa shape index (κ2) is 9.34. The van der Waals surface area contributed by atoms with E-state index < -0.39 is 20.3 Å².